The second kappa shape index (κ2) is 8.70. The number of aromatic nitrogens is 1. The molecule has 0 radical (unpaired) electrons. The van der Waals surface area contributed by atoms with Crippen molar-refractivity contribution in [3.8, 4) is 5.75 Å². The Labute approximate surface area is 155 Å². The molecule has 1 saturated carbocycles. The van der Waals surface area contributed by atoms with E-state index in [1.54, 1.807) is 25.4 Å². The zero-order valence-electron chi connectivity index (χ0n) is 15.5. The topological polar surface area (TPSA) is 63.2 Å². The summed E-state index contributed by atoms with van der Waals surface area (Å²) in [7, 11) is 1.64. The molecule has 0 bridgehead atoms. The highest BCUT2D eigenvalue weighted by atomic mass is 16.5. The van der Waals surface area contributed by atoms with Crippen molar-refractivity contribution in [1.82, 2.24) is 10.3 Å². The summed E-state index contributed by atoms with van der Waals surface area (Å²) in [5.74, 6) is 1.34. The maximum Gasteiger partial charge on any atom is 0.251 e. The number of anilines is 2. The highest BCUT2D eigenvalue weighted by molar-refractivity contribution is 5.95. The van der Waals surface area contributed by atoms with Crippen LogP contribution in [0.25, 0.3) is 0 Å². The average molecular weight is 353 g/mol. The second-order valence-corrected chi connectivity index (χ2v) is 6.92. The van der Waals surface area contributed by atoms with Crippen LogP contribution in [0.3, 0.4) is 0 Å². The minimum atomic E-state index is -0.0291. The van der Waals surface area contributed by atoms with Gasteiger partial charge in [0.2, 0.25) is 0 Å². The first-order valence-electron chi connectivity index (χ1n) is 9.34. The van der Waals surface area contributed by atoms with Gasteiger partial charge in [0.1, 0.15) is 11.6 Å². The minimum Gasteiger partial charge on any atom is -0.495 e. The lowest BCUT2D eigenvalue weighted by molar-refractivity contribution is 0.0933. The van der Waals surface area contributed by atoms with Gasteiger partial charge in [-0.1, -0.05) is 31.7 Å². The molecule has 1 aromatic carbocycles. The molecule has 1 fully saturated rings. The molecule has 2 N–H and O–H groups in total. The van der Waals surface area contributed by atoms with E-state index in [2.05, 4.69) is 15.6 Å². The maximum atomic E-state index is 12.6. The largest absolute Gasteiger partial charge is 0.495 e. The molecule has 0 saturated heterocycles. The SMILES string of the molecule is COc1ccc(C)cc1Nc1cc(C(=O)NC2CCCCCC2)ccn1. The lowest BCUT2D eigenvalue weighted by atomic mass is 10.1. The number of ether oxygens (including phenoxy) is 1. The first kappa shape index (κ1) is 18.2. The summed E-state index contributed by atoms with van der Waals surface area (Å²) in [6.07, 6.45) is 8.74. The Bertz CT molecular complexity index is 753. The maximum absolute atomic E-state index is 12.6. The van der Waals surface area contributed by atoms with Crippen LogP contribution in [0.1, 0.15) is 54.4 Å². The number of hydrogen-bond acceptors (Lipinski definition) is 4. The van der Waals surface area contributed by atoms with Gasteiger partial charge < -0.3 is 15.4 Å². The molecule has 0 unspecified atom stereocenters. The number of nitrogens with one attached hydrogen (secondary N) is 2. The lowest BCUT2D eigenvalue weighted by Gasteiger charge is -2.16. The van der Waals surface area contributed by atoms with Crippen molar-refractivity contribution in [3.05, 3.63) is 47.7 Å². The standard InChI is InChI=1S/C21H27N3O2/c1-15-9-10-19(26-2)18(13-15)24-20-14-16(11-12-22-20)21(25)23-17-7-5-3-4-6-8-17/h9-14,17H,3-8H2,1-2H3,(H,22,24)(H,23,25). The predicted molar refractivity (Wildman–Crippen MR) is 104 cm³/mol. The van der Waals surface area contributed by atoms with E-state index in [1.165, 1.54) is 25.7 Å². The van der Waals surface area contributed by atoms with Gasteiger partial charge >= 0.3 is 0 Å². The third-order valence-corrected chi connectivity index (χ3v) is 4.83. The van der Waals surface area contributed by atoms with E-state index < -0.39 is 0 Å². The molecular formula is C21H27N3O2. The van der Waals surface area contributed by atoms with Crippen LogP contribution < -0.4 is 15.4 Å². The number of methoxy groups -OCH3 is 1. The molecule has 1 aliphatic carbocycles. The Hall–Kier alpha value is -2.56. The second-order valence-electron chi connectivity index (χ2n) is 6.92. The summed E-state index contributed by atoms with van der Waals surface area (Å²) in [4.78, 5) is 17.0. The van der Waals surface area contributed by atoms with Gasteiger partial charge in [-0.3, -0.25) is 4.79 Å². The van der Waals surface area contributed by atoms with Crippen LogP contribution in [-0.2, 0) is 0 Å². The molecule has 1 aromatic heterocycles. The van der Waals surface area contributed by atoms with E-state index in [4.69, 9.17) is 4.74 Å². The van der Waals surface area contributed by atoms with E-state index in [-0.39, 0.29) is 11.9 Å². The van der Waals surface area contributed by atoms with Crippen molar-refractivity contribution in [1.29, 1.82) is 0 Å². The molecule has 26 heavy (non-hydrogen) atoms. The van der Waals surface area contributed by atoms with Gasteiger partial charge in [0.15, 0.2) is 0 Å². The monoisotopic (exact) mass is 353 g/mol. The molecular weight excluding hydrogens is 326 g/mol. The van der Waals surface area contributed by atoms with Gasteiger partial charge in [-0.25, -0.2) is 4.98 Å². The van der Waals surface area contributed by atoms with E-state index >= 15 is 0 Å². The van der Waals surface area contributed by atoms with E-state index in [1.807, 2.05) is 25.1 Å². The van der Waals surface area contributed by atoms with E-state index in [0.717, 1.165) is 29.8 Å². The smallest absolute Gasteiger partial charge is 0.251 e. The summed E-state index contributed by atoms with van der Waals surface area (Å²) < 4.78 is 5.39. The van der Waals surface area contributed by atoms with Crippen molar-refractivity contribution in [2.75, 3.05) is 12.4 Å². The van der Waals surface area contributed by atoms with Crippen LogP contribution in [0.5, 0.6) is 5.75 Å². The molecule has 0 spiro atoms. The quantitative estimate of drug-likeness (QED) is 0.772. The van der Waals surface area contributed by atoms with Crippen LogP contribution in [0.2, 0.25) is 0 Å². The minimum absolute atomic E-state index is 0.0291. The van der Waals surface area contributed by atoms with Gasteiger partial charge in [-0.2, -0.15) is 0 Å². The predicted octanol–water partition coefficient (Wildman–Crippen LogP) is 4.59. The number of aryl methyl sites for hydroxylation is 1. The molecule has 1 amide bonds. The van der Waals surface area contributed by atoms with Crippen LogP contribution in [0, 0.1) is 6.92 Å². The number of carbonyl (C=O) groups excluding carboxylic acids is 1. The highest BCUT2D eigenvalue weighted by Gasteiger charge is 2.16. The summed E-state index contributed by atoms with van der Waals surface area (Å²) in [6, 6.07) is 9.73. The molecule has 1 heterocycles. The molecule has 5 nitrogen and oxygen atoms in total. The van der Waals surface area contributed by atoms with Crippen molar-refractivity contribution in [2.45, 2.75) is 51.5 Å². The number of pyridine rings is 1. The van der Waals surface area contributed by atoms with Crippen LogP contribution in [-0.4, -0.2) is 24.0 Å². The lowest BCUT2D eigenvalue weighted by Crippen LogP contribution is -2.34. The number of amides is 1. The number of benzene rings is 1. The Morgan fingerprint density at radius 2 is 1.88 bits per heavy atom. The average Bonchev–Trinajstić information content (AvgIpc) is 2.91. The number of rotatable bonds is 5. The first-order valence-corrected chi connectivity index (χ1v) is 9.34. The fourth-order valence-electron chi connectivity index (χ4n) is 3.39. The third-order valence-electron chi connectivity index (χ3n) is 4.83. The summed E-state index contributed by atoms with van der Waals surface area (Å²) in [5.41, 5.74) is 2.58. The number of hydrogen-bond donors (Lipinski definition) is 2. The van der Waals surface area contributed by atoms with Crippen molar-refractivity contribution in [2.24, 2.45) is 0 Å². The van der Waals surface area contributed by atoms with Gasteiger partial charge in [0.05, 0.1) is 12.8 Å². The molecule has 138 valence electrons. The van der Waals surface area contributed by atoms with Crippen molar-refractivity contribution >= 4 is 17.4 Å². The number of nitrogens with zero attached hydrogens (tertiary/aromatic N) is 1. The Morgan fingerprint density at radius 1 is 1.12 bits per heavy atom. The molecule has 0 aliphatic heterocycles. The zero-order chi connectivity index (χ0) is 18.4. The van der Waals surface area contributed by atoms with E-state index in [9.17, 15) is 4.79 Å². The normalized spacial score (nSPS) is 15.2. The van der Waals surface area contributed by atoms with Crippen molar-refractivity contribution < 1.29 is 9.53 Å². The van der Waals surface area contributed by atoms with Crippen LogP contribution in [0.4, 0.5) is 11.5 Å². The highest BCUT2D eigenvalue weighted by Crippen LogP contribution is 2.28. The van der Waals surface area contributed by atoms with Gasteiger partial charge in [0, 0.05) is 17.8 Å². The molecule has 3 rings (SSSR count). The number of carbonyl (C=O) groups is 1. The fourth-order valence-corrected chi connectivity index (χ4v) is 3.39. The molecule has 2 aromatic rings. The summed E-state index contributed by atoms with van der Waals surface area (Å²) in [5, 5.41) is 6.44. The van der Waals surface area contributed by atoms with Crippen LogP contribution in [0.15, 0.2) is 36.5 Å². The van der Waals surface area contributed by atoms with Gasteiger partial charge in [-0.15, -0.1) is 0 Å². The fraction of sp³-hybridized carbons (Fsp3) is 0.429. The van der Waals surface area contributed by atoms with Crippen molar-refractivity contribution in [3.63, 3.8) is 0 Å². The Morgan fingerprint density at radius 3 is 2.62 bits per heavy atom. The summed E-state index contributed by atoms with van der Waals surface area (Å²) >= 11 is 0. The zero-order valence-corrected chi connectivity index (χ0v) is 15.5. The molecule has 0 atom stereocenters. The Kier molecular flexibility index (Phi) is 6.10. The Balaban J connectivity index is 1.71. The molecule has 1 aliphatic rings. The summed E-state index contributed by atoms with van der Waals surface area (Å²) in [6.45, 7) is 2.02. The van der Waals surface area contributed by atoms with E-state index in [0.29, 0.717) is 11.4 Å². The van der Waals surface area contributed by atoms with Crippen LogP contribution >= 0.6 is 0 Å². The van der Waals surface area contributed by atoms with Gasteiger partial charge in [-0.05, 0) is 49.6 Å². The molecule has 5 heteroatoms. The first-order chi connectivity index (χ1) is 12.7. The third kappa shape index (κ3) is 4.75. The van der Waals surface area contributed by atoms with Gasteiger partial charge in [0.25, 0.3) is 5.91 Å².